The van der Waals surface area contributed by atoms with Crippen LogP contribution >= 0.6 is 11.8 Å². The molecule has 1 aromatic rings. The third-order valence-corrected chi connectivity index (χ3v) is 5.40. The molecule has 0 heterocycles. The molecule has 0 spiro atoms. The number of carbonyl (C=O) groups excluding carboxylic acids is 3. The van der Waals surface area contributed by atoms with Gasteiger partial charge in [0.15, 0.2) is 5.70 Å². The van der Waals surface area contributed by atoms with Crippen molar-refractivity contribution in [2.45, 2.75) is 38.5 Å². The van der Waals surface area contributed by atoms with E-state index in [2.05, 4.69) is 10.8 Å². The quantitative estimate of drug-likeness (QED) is 0.122. The molecule has 0 radical (unpaired) electrons. The van der Waals surface area contributed by atoms with Crippen molar-refractivity contribution in [3.63, 3.8) is 0 Å². The zero-order valence-electron chi connectivity index (χ0n) is 19.8. The molecule has 0 aliphatic heterocycles. The minimum Gasteiger partial charge on any atom is -0.480 e. The maximum Gasteiger partial charge on any atom is 0.413 e. The highest BCUT2D eigenvalue weighted by Crippen LogP contribution is 2.12. The minimum atomic E-state index is -1.53. The van der Waals surface area contributed by atoms with E-state index < -0.39 is 41.9 Å². The smallest absolute Gasteiger partial charge is 0.413 e. The Kier molecular flexibility index (Phi) is 13.6. The number of imide groups is 1. The first-order valence-electron chi connectivity index (χ1n) is 10.8. The molecule has 0 aromatic heterocycles. The van der Waals surface area contributed by atoms with Crippen LogP contribution in [0.3, 0.4) is 0 Å². The zero-order chi connectivity index (χ0) is 27.1. The van der Waals surface area contributed by atoms with Gasteiger partial charge in [-0.1, -0.05) is 30.3 Å². The lowest BCUT2D eigenvalue weighted by molar-refractivity contribution is -0.141. The van der Waals surface area contributed by atoms with E-state index in [1.807, 2.05) is 30.3 Å². The van der Waals surface area contributed by atoms with Crippen molar-refractivity contribution in [1.82, 2.24) is 15.7 Å². The molecule has 198 valence electrons. The Morgan fingerprint density at radius 2 is 1.83 bits per heavy atom. The third-order valence-electron chi connectivity index (χ3n) is 4.47. The number of hydroxylamine groups is 1. The highest BCUT2D eigenvalue weighted by atomic mass is 32.2. The number of likely N-dealkylation sites (N-methyl/N-ethyl adjacent to an activating group) is 1. The molecular formula is C22H30N4O9S. The third kappa shape index (κ3) is 11.2. The number of nitrogens with one attached hydrogen (secondary N) is 2. The first kappa shape index (κ1) is 30.4. The molecule has 13 nitrogen and oxygen atoms in total. The van der Waals surface area contributed by atoms with Crippen molar-refractivity contribution in [3.8, 4) is 0 Å². The second-order valence-corrected chi connectivity index (χ2v) is 8.15. The summed E-state index contributed by atoms with van der Waals surface area (Å²) in [6.07, 6.45) is -2.01. The van der Waals surface area contributed by atoms with Crippen molar-refractivity contribution in [2.24, 2.45) is 5.73 Å². The van der Waals surface area contributed by atoms with Crippen LogP contribution < -0.4 is 16.5 Å². The van der Waals surface area contributed by atoms with Gasteiger partial charge in [-0.15, -0.1) is 11.8 Å². The predicted octanol–water partition coefficient (Wildman–Crippen LogP) is 0.659. The Hall–Kier alpha value is -3.62. The van der Waals surface area contributed by atoms with Crippen LogP contribution in [0.1, 0.15) is 25.3 Å². The molecule has 14 heteroatoms. The number of hydrogen-bond donors (Lipinski definition) is 5. The van der Waals surface area contributed by atoms with Crippen LogP contribution in [-0.2, 0) is 35.4 Å². The van der Waals surface area contributed by atoms with Gasteiger partial charge in [0.1, 0.15) is 12.1 Å². The van der Waals surface area contributed by atoms with Crippen molar-refractivity contribution >= 4 is 41.6 Å². The molecule has 0 saturated heterocycles. The number of rotatable bonds is 15. The van der Waals surface area contributed by atoms with Crippen molar-refractivity contribution < 1.29 is 43.8 Å². The fourth-order valence-electron chi connectivity index (χ4n) is 2.50. The number of amides is 3. The topological polar surface area (TPSA) is 198 Å². The molecule has 3 amide bonds. The number of nitrogens with zero attached hydrogens (tertiary/aromatic N) is 1. The largest absolute Gasteiger partial charge is 0.480 e. The molecule has 0 aliphatic rings. The van der Waals surface area contributed by atoms with Gasteiger partial charge in [-0.2, -0.15) is 0 Å². The average molecular weight is 527 g/mol. The number of carboxylic acids is 1. The molecule has 2 atom stereocenters. The second-order valence-electron chi connectivity index (χ2n) is 7.25. The molecule has 2 unspecified atom stereocenters. The van der Waals surface area contributed by atoms with Gasteiger partial charge in [0.05, 0.1) is 13.2 Å². The van der Waals surface area contributed by atoms with Crippen molar-refractivity contribution in [2.75, 3.05) is 19.4 Å². The van der Waals surface area contributed by atoms with Gasteiger partial charge in [0.2, 0.25) is 5.91 Å². The van der Waals surface area contributed by atoms with E-state index in [0.29, 0.717) is 4.90 Å². The van der Waals surface area contributed by atoms with E-state index >= 15 is 0 Å². The van der Waals surface area contributed by atoms with Crippen LogP contribution in [0.25, 0.3) is 0 Å². The molecular weight excluding hydrogens is 496 g/mol. The average Bonchev–Trinajstić information content (AvgIpc) is 2.85. The van der Waals surface area contributed by atoms with Gasteiger partial charge in [-0.25, -0.2) is 14.5 Å². The number of esters is 1. The summed E-state index contributed by atoms with van der Waals surface area (Å²) in [4.78, 5) is 64.8. The second kappa shape index (κ2) is 16.1. The summed E-state index contributed by atoms with van der Waals surface area (Å²) < 4.78 is 4.97. The van der Waals surface area contributed by atoms with E-state index in [1.165, 1.54) is 5.41 Å². The number of nitrogens with two attached hydrogens (primary N) is 1. The maximum atomic E-state index is 12.6. The predicted molar refractivity (Wildman–Crippen MR) is 129 cm³/mol. The number of thioether (sulfide) groups is 1. The summed E-state index contributed by atoms with van der Waals surface area (Å²) in [5.41, 5.74) is 8.65. The standard InChI is InChI=1S/C22H30N4O9S/c1-3-34-21(31)17(25-35-11-14-7-5-4-6-8-14)13-36-12-16(19(28)26(2)22(32)33)24-18(27)10-9-15(23)20(29)30/h4-8,13,15-16,25H,3,9-12,23H2,1-2H3,(H,24,27)(H,29,30)(H,32,33). The summed E-state index contributed by atoms with van der Waals surface area (Å²) in [6.45, 7) is 1.86. The Balaban J connectivity index is 2.87. The number of ether oxygens (including phenoxy) is 1. The normalized spacial score (nSPS) is 12.7. The summed E-state index contributed by atoms with van der Waals surface area (Å²) in [6, 6.07) is 6.58. The number of aliphatic carboxylic acids is 1. The molecule has 0 bridgehead atoms. The molecule has 0 saturated carbocycles. The van der Waals surface area contributed by atoms with Crippen molar-refractivity contribution in [3.05, 3.63) is 47.0 Å². The van der Waals surface area contributed by atoms with Crippen LogP contribution in [0.5, 0.6) is 0 Å². The maximum absolute atomic E-state index is 12.6. The Labute approximate surface area is 211 Å². The van der Waals surface area contributed by atoms with E-state index in [4.69, 9.17) is 25.5 Å². The lowest BCUT2D eigenvalue weighted by Gasteiger charge is -2.21. The first-order valence-corrected chi connectivity index (χ1v) is 11.8. The van der Waals surface area contributed by atoms with E-state index in [9.17, 15) is 24.0 Å². The van der Waals surface area contributed by atoms with E-state index in [0.717, 1.165) is 24.4 Å². The lowest BCUT2D eigenvalue weighted by Crippen LogP contribution is -2.50. The number of carbonyl (C=O) groups is 5. The number of carboxylic acid groups (broad SMARTS) is 2. The van der Waals surface area contributed by atoms with Crippen LogP contribution in [0.15, 0.2) is 41.4 Å². The van der Waals surface area contributed by atoms with Gasteiger partial charge < -0.3 is 26.0 Å². The summed E-state index contributed by atoms with van der Waals surface area (Å²) in [7, 11) is 1.02. The molecule has 6 N–H and O–H groups in total. The van der Waals surface area contributed by atoms with Gasteiger partial charge >= 0.3 is 18.0 Å². The monoisotopic (exact) mass is 526 g/mol. The molecule has 0 aliphatic carbocycles. The Morgan fingerprint density at radius 3 is 2.42 bits per heavy atom. The number of hydrogen-bond acceptors (Lipinski definition) is 10. The van der Waals surface area contributed by atoms with Crippen molar-refractivity contribution in [1.29, 1.82) is 0 Å². The van der Waals surface area contributed by atoms with Crippen LogP contribution in [0, 0.1) is 0 Å². The van der Waals surface area contributed by atoms with Gasteiger partial charge in [-0.05, 0) is 18.9 Å². The Bertz CT molecular complexity index is 943. The molecule has 1 aromatic carbocycles. The van der Waals surface area contributed by atoms with E-state index in [1.54, 1.807) is 6.92 Å². The summed E-state index contributed by atoms with van der Waals surface area (Å²) in [5.74, 6) is -3.78. The minimum absolute atomic E-state index is 0.0747. The van der Waals surface area contributed by atoms with Gasteiger partial charge in [0, 0.05) is 24.6 Å². The van der Waals surface area contributed by atoms with Gasteiger partial charge in [-0.3, -0.25) is 24.7 Å². The highest BCUT2D eigenvalue weighted by molar-refractivity contribution is 8.02. The Morgan fingerprint density at radius 1 is 1.17 bits per heavy atom. The highest BCUT2D eigenvalue weighted by Gasteiger charge is 2.27. The summed E-state index contributed by atoms with van der Waals surface area (Å²) in [5, 5.41) is 21.6. The first-order chi connectivity index (χ1) is 17.1. The zero-order valence-corrected chi connectivity index (χ0v) is 20.7. The fourth-order valence-corrected chi connectivity index (χ4v) is 3.33. The fraction of sp³-hybridized carbons (Fsp3) is 0.409. The van der Waals surface area contributed by atoms with Crippen LogP contribution in [-0.4, -0.2) is 76.5 Å². The number of benzene rings is 1. The van der Waals surface area contributed by atoms with Crippen LogP contribution in [0.4, 0.5) is 4.79 Å². The summed E-state index contributed by atoms with van der Waals surface area (Å²) >= 11 is 0.919. The van der Waals surface area contributed by atoms with Gasteiger partial charge in [0.25, 0.3) is 5.91 Å². The molecule has 1 rings (SSSR count). The van der Waals surface area contributed by atoms with Crippen LogP contribution in [0.2, 0.25) is 0 Å². The lowest BCUT2D eigenvalue weighted by atomic mass is 10.1. The van der Waals surface area contributed by atoms with E-state index in [-0.39, 0.29) is 37.5 Å². The molecule has 0 fully saturated rings. The SMILES string of the molecule is CCOC(=O)C(=CSCC(NC(=O)CCC(N)C(=O)O)C(=O)N(C)C(=O)O)NOCc1ccccc1. The molecule has 36 heavy (non-hydrogen) atoms.